The third kappa shape index (κ3) is 3.47. The van der Waals surface area contributed by atoms with E-state index < -0.39 is 0 Å². The molecule has 136 valence electrons. The van der Waals surface area contributed by atoms with Crippen LogP contribution in [0.3, 0.4) is 0 Å². The van der Waals surface area contributed by atoms with Crippen molar-refractivity contribution >= 4 is 5.91 Å². The Balaban J connectivity index is 1.43. The van der Waals surface area contributed by atoms with Crippen LogP contribution in [0.25, 0.3) is 0 Å². The Morgan fingerprint density at radius 2 is 2.04 bits per heavy atom. The van der Waals surface area contributed by atoms with Crippen LogP contribution in [0.15, 0.2) is 24.3 Å². The molecule has 0 aromatic heterocycles. The van der Waals surface area contributed by atoms with Gasteiger partial charge in [-0.3, -0.25) is 9.69 Å². The molecule has 3 saturated heterocycles. The number of carbonyl (C=O) groups excluding carboxylic acids is 1. The Labute approximate surface area is 151 Å². The summed E-state index contributed by atoms with van der Waals surface area (Å²) < 4.78 is 5.49. The second-order valence-corrected chi connectivity index (χ2v) is 8.18. The van der Waals surface area contributed by atoms with E-state index in [1.807, 2.05) is 0 Å². The lowest BCUT2D eigenvalue weighted by atomic mass is 9.77. The van der Waals surface area contributed by atoms with Gasteiger partial charge in [0.05, 0.1) is 5.41 Å². The molecule has 0 bridgehead atoms. The van der Waals surface area contributed by atoms with Gasteiger partial charge in [0.25, 0.3) is 0 Å². The number of rotatable bonds is 3. The highest BCUT2D eigenvalue weighted by Crippen LogP contribution is 2.41. The highest BCUT2D eigenvalue weighted by Gasteiger charge is 2.49. The first-order chi connectivity index (χ1) is 12.2. The topological polar surface area (TPSA) is 32.8 Å². The number of hydrogen-bond donors (Lipinski definition) is 0. The molecular formula is C21H30N2O2. The zero-order chi connectivity index (χ0) is 17.3. The Kier molecular flexibility index (Phi) is 4.83. The summed E-state index contributed by atoms with van der Waals surface area (Å²) in [4.78, 5) is 18.1. The van der Waals surface area contributed by atoms with E-state index >= 15 is 0 Å². The third-order valence-corrected chi connectivity index (χ3v) is 6.32. The van der Waals surface area contributed by atoms with Crippen molar-refractivity contribution in [2.45, 2.75) is 51.6 Å². The zero-order valence-corrected chi connectivity index (χ0v) is 15.4. The first-order valence-electron chi connectivity index (χ1n) is 9.83. The number of nitrogens with zero attached hydrogens (tertiary/aromatic N) is 2. The van der Waals surface area contributed by atoms with E-state index in [4.69, 9.17) is 4.74 Å². The third-order valence-electron chi connectivity index (χ3n) is 6.32. The molecule has 3 fully saturated rings. The van der Waals surface area contributed by atoms with Gasteiger partial charge in [0.2, 0.25) is 5.91 Å². The second kappa shape index (κ2) is 7.08. The van der Waals surface area contributed by atoms with Crippen molar-refractivity contribution < 1.29 is 9.53 Å². The molecule has 0 radical (unpaired) electrons. The molecule has 0 aliphatic carbocycles. The molecule has 1 atom stereocenters. The molecule has 0 saturated carbocycles. The van der Waals surface area contributed by atoms with Crippen LogP contribution in [0.1, 0.15) is 43.2 Å². The second-order valence-electron chi connectivity index (χ2n) is 8.18. The van der Waals surface area contributed by atoms with Crippen molar-refractivity contribution in [2.24, 2.45) is 5.41 Å². The van der Waals surface area contributed by atoms with Crippen molar-refractivity contribution in [2.75, 3.05) is 32.8 Å². The maximum absolute atomic E-state index is 13.4. The van der Waals surface area contributed by atoms with Crippen LogP contribution < -0.4 is 0 Å². The number of aryl methyl sites for hydroxylation is 1. The van der Waals surface area contributed by atoms with Gasteiger partial charge >= 0.3 is 0 Å². The maximum atomic E-state index is 13.4. The quantitative estimate of drug-likeness (QED) is 0.847. The van der Waals surface area contributed by atoms with Gasteiger partial charge in [-0.1, -0.05) is 29.8 Å². The number of ether oxygens (including phenoxy) is 1. The summed E-state index contributed by atoms with van der Waals surface area (Å²) in [5, 5.41) is 0. The molecule has 1 aromatic carbocycles. The van der Waals surface area contributed by atoms with Gasteiger partial charge in [0.1, 0.15) is 0 Å². The van der Waals surface area contributed by atoms with Crippen LogP contribution in [0.4, 0.5) is 0 Å². The summed E-state index contributed by atoms with van der Waals surface area (Å²) in [6, 6.07) is 9.15. The molecule has 3 aliphatic rings. The predicted octanol–water partition coefficient (Wildman–Crippen LogP) is 2.99. The molecule has 1 aromatic rings. The van der Waals surface area contributed by atoms with Crippen LogP contribution in [0.5, 0.6) is 0 Å². The number of likely N-dealkylation sites (tertiary alicyclic amines) is 2. The van der Waals surface area contributed by atoms with Crippen LogP contribution in [-0.2, 0) is 16.1 Å². The molecule has 0 N–H and O–H groups in total. The predicted molar refractivity (Wildman–Crippen MR) is 98.3 cm³/mol. The van der Waals surface area contributed by atoms with Crippen molar-refractivity contribution in [3.63, 3.8) is 0 Å². The largest absolute Gasteiger partial charge is 0.381 e. The fourth-order valence-corrected chi connectivity index (χ4v) is 4.99. The van der Waals surface area contributed by atoms with Gasteiger partial charge < -0.3 is 9.64 Å². The van der Waals surface area contributed by atoms with Gasteiger partial charge in [0, 0.05) is 38.9 Å². The molecule has 25 heavy (non-hydrogen) atoms. The summed E-state index contributed by atoms with van der Waals surface area (Å²) in [6.45, 7) is 7.64. The lowest BCUT2D eigenvalue weighted by molar-refractivity contribution is -0.150. The number of hydrogen-bond acceptors (Lipinski definition) is 3. The Morgan fingerprint density at radius 3 is 2.84 bits per heavy atom. The molecule has 0 unspecified atom stereocenters. The molecule has 1 amide bonds. The minimum absolute atomic E-state index is 0.125. The monoisotopic (exact) mass is 342 g/mol. The molecular weight excluding hydrogens is 312 g/mol. The van der Waals surface area contributed by atoms with E-state index in [1.54, 1.807) is 0 Å². The van der Waals surface area contributed by atoms with E-state index in [0.717, 1.165) is 71.5 Å². The highest BCUT2D eigenvalue weighted by atomic mass is 16.5. The van der Waals surface area contributed by atoms with Crippen LogP contribution in [0.2, 0.25) is 0 Å². The average Bonchev–Trinajstić information content (AvgIpc) is 3.02. The van der Waals surface area contributed by atoms with E-state index in [2.05, 4.69) is 41.0 Å². The molecule has 4 rings (SSSR count). The van der Waals surface area contributed by atoms with Gasteiger partial charge in [-0.15, -0.1) is 0 Å². The standard InChI is InChI=1S/C21H30N2O2/c1-17-4-2-5-18(14-17)15-22-11-9-21(16-22)8-3-10-23(20(21)24)19-6-12-25-13-7-19/h2,4-5,14,19H,3,6-13,15-16H2,1H3/t21-/m1/s1. The number of amides is 1. The normalized spacial score (nSPS) is 28.8. The summed E-state index contributed by atoms with van der Waals surface area (Å²) in [5.41, 5.74) is 2.55. The highest BCUT2D eigenvalue weighted by molar-refractivity contribution is 5.84. The molecule has 4 heteroatoms. The fraction of sp³-hybridized carbons (Fsp3) is 0.667. The van der Waals surface area contributed by atoms with E-state index in [9.17, 15) is 4.79 Å². The fourth-order valence-electron chi connectivity index (χ4n) is 4.99. The molecule has 3 heterocycles. The Bertz CT molecular complexity index is 626. The smallest absolute Gasteiger partial charge is 0.230 e. The Morgan fingerprint density at radius 1 is 1.20 bits per heavy atom. The summed E-state index contributed by atoms with van der Waals surface area (Å²) in [7, 11) is 0. The molecule has 1 spiro atoms. The molecule has 3 aliphatic heterocycles. The lowest BCUT2D eigenvalue weighted by Gasteiger charge is -2.44. The van der Waals surface area contributed by atoms with E-state index in [-0.39, 0.29) is 5.41 Å². The van der Waals surface area contributed by atoms with Gasteiger partial charge in [-0.05, 0) is 51.1 Å². The van der Waals surface area contributed by atoms with E-state index in [0.29, 0.717) is 11.9 Å². The van der Waals surface area contributed by atoms with Gasteiger partial charge in [-0.2, -0.15) is 0 Å². The number of benzene rings is 1. The Hall–Kier alpha value is -1.39. The number of carbonyl (C=O) groups is 1. The van der Waals surface area contributed by atoms with Crippen LogP contribution >= 0.6 is 0 Å². The first kappa shape index (κ1) is 17.0. The van der Waals surface area contributed by atoms with Crippen molar-refractivity contribution in [3.8, 4) is 0 Å². The molecule has 4 nitrogen and oxygen atoms in total. The summed E-state index contributed by atoms with van der Waals surface area (Å²) >= 11 is 0. The SMILES string of the molecule is Cc1cccc(CN2CC[C@]3(CCCN(C4CCOCC4)C3=O)C2)c1. The van der Waals surface area contributed by atoms with Crippen LogP contribution in [-0.4, -0.2) is 54.6 Å². The first-order valence-corrected chi connectivity index (χ1v) is 9.83. The van der Waals surface area contributed by atoms with Gasteiger partial charge in [0.15, 0.2) is 0 Å². The average molecular weight is 342 g/mol. The minimum atomic E-state index is -0.125. The summed E-state index contributed by atoms with van der Waals surface area (Å²) in [6.07, 6.45) is 5.26. The van der Waals surface area contributed by atoms with Crippen molar-refractivity contribution in [3.05, 3.63) is 35.4 Å². The van der Waals surface area contributed by atoms with Crippen LogP contribution in [0, 0.1) is 12.3 Å². The minimum Gasteiger partial charge on any atom is -0.381 e. The van der Waals surface area contributed by atoms with Crippen molar-refractivity contribution in [1.82, 2.24) is 9.80 Å². The van der Waals surface area contributed by atoms with Gasteiger partial charge in [-0.25, -0.2) is 0 Å². The zero-order valence-electron chi connectivity index (χ0n) is 15.4. The lowest BCUT2D eigenvalue weighted by Crippen LogP contribution is -2.54. The van der Waals surface area contributed by atoms with Crippen molar-refractivity contribution in [1.29, 1.82) is 0 Å². The summed E-state index contributed by atoms with van der Waals surface area (Å²) in [5.74, 6) is 0.428. The van der Waals surface area contributed by atoms with E-state index in [1.165, 1.54) is 11.1 Å². The maximum Gasteiger partial charge on any atom is 0.230 e. The number of piperidine rings is 1.